The fraction of sp³-hybridized carbons (Fsp3) is 0.400. The van der Waals surface area contributed by atoms with Crippen LogP contribution in [0.15, 0.2) is 42.5 Å². The minimum atomic E-state index is -4.76. The van der Waals surface area contributed by atoms with Gasteiger partial charge in [0.25, 0.3) is 0 Å². The standard InChI is InChI=1S/C15H17F3O4/c1-21-14(20)13(19)12(15(16,17)18)8-5-9-22-10-11-6-3-2-4-7-11/h2-8,12-13,19H,9-10H2,1H3/b8-5+/t12-,13+/m0/s1. The molecule has 0 bridgehead atoms. The predicted molar refractivity (Wildman–Crippen MR) is 72.8 cm³/mol. The third-order valence-corrected chi connectivity index (χ3v) is 2.83. The van der Waals surface area contributed by atoms with Crippen molar-refractivity contribution in [1.82, 2.24) is 0 Å². The summed E-state index contributed by atoms with van der Waals surface area (Å²) in [7, 11) is 0.908. The average molecular weight is 318 g/mol. The number of carbonyl (C=O) groups is 1. The highest BCUT2D eigenvalue weighted by Gasteiger charge is 2.45. The lowest BCUT2D eigenvalue weighted by atomic mass is 10.0. The second-order valence-corrected chi connectivity index (χ2v) is 4.46. The summed E-state index contributed by atoms with van der Waals surface area (Å²) in [5.74, 6) is -3.67. The Balaban J connectivity index is 2.53. The first-order valence-corrected chi connectivity index (χ1v) is 6.47. The molecule has 0 unspecified atom stereocenters. The molecule has 0 aliphatic heterocycles. The van der Waals surface area contributed by atoms with Crippen molar-refractivity contribution < 1.29 is 32.5 Å². The zero-order chi connectivity index (χ0) is 16.6. The van der Waals surface area contributed by atoms with E-state index in [1.54, 1.807) is 0 Å². The van der Waals surface area contributed by atoms with Crippen molar-refractivity contribution in [3.63, 3.8) is 0 Å². The Bertz CT molecular complexity index is 485. The summed E-state index contributed by atoms with van der Waals surface area (Å²) in [6.07, 6.45) is -5.24. The first-order valence-electron chi connectivity index (χ1n) is 6.47. The van der Waals surface area contributed by atoms with Crippen LogP contribution in [0.25, 0.3) is 0 Å². The number of ether oxygens (including phenoxy) is 2. The maximum atomic E-state index is 12.8. The van der Waals surface area contributed by atoms with Gasteiger partial charge in [0.05, 0.1) is 20.3 Å². The molecule has 0 aromatic heterocycles. The second kappa shape index (κ2) is 8.55. The van der Waals surface area contributed by atoms with E-state index >= 15 is 0 Å². The Kier molecular flexibility index (Phi) is 7.07. The van der Waals surface area contributed by atoms with Crippen LogP contribution in [0.1, 0.15) is 5.56 Å². The number of halogens is 3. The van der Waals surface area contributed by atoms with E-state index in [0.717, 1.165) is 18.7 Å². The number of rotatable bonds is 7. The van der Waals surface area contributed by atoms with Crippen LogP contribution in [0.4, 0.5) is 13.2 Å². The quantitative estimate of drug-likeness (QED) is 0.477. The number of carbonyl (C=O) groups excluding carboxylic acids is 1. The van der Waals surface area contributed by atoms with Crippen molar-refractivity contribution >= 4 is 5.97 Å². The molecule has 0 amide bonds. The van der Waals surface area contributed by atoms with Crippen molar-refractivity contribution in [1.29, 1.82) is 0 Å². The lowest BCUT2D eigenvalue weighted by Crippen LogP contribution is -2.38. The molecular weight excluding hydrogens is 301 g/mol. The van der Waals surface area contributed by atoms with Gasteiger partial charge < -0.3 is 14.6 Å². The van der Waals surface area contributed by atoms with Crippen molar-refractivity contribution in [2.24, 2.45) is 5.92 Å². The normalized spacial score (nSPS) is 14.8. The monoisotopic (exact) mass is 318 g/mol. The van der Waals surface area contributed by atoms with Gasteiger partial charge in [-0.1, -0.05) is 42.5 Å². The van der Waals surface area contributed by atoms with Crippen LogP contribution < -0.4 is 0 Å². The molecule has 22 heavy (non-hydrogen) atoms. The molecule has 7 heteroatoms. The number of aliphatic hydroxyl groups is 1. The van der Waals surface area contributed by atoms with Gasteiger partial charge in [0.1, 0.15) is 5.92 Å². The van der Waals surface area contributed by atoms with Crippen molar-refractivity contribution in [3.8, 4) is 0 Å². The molecule has 0 saturated carbocycles. The van der Waals surface area contributed by atoms with Crippen LogP contribution in [0, 0.1) is 5.92 Å². The number of methoxy groups -OCH3 is 1. The third-order valence-electron chi connectivity index (χ3n) is 2.83. The summed E-state index contributed by atoms with van der Waals surface area (Å²) in [6, 6.07) is 9.12. The number of aliphatic hydroxyl groups excluding tert-OH is 1. The summed E-state index contributed by atoms with van der Waals surface area (Å²) >= 11 is 0. The molecule has 0 aliphatic carbocycles. The van der Waals surface area contributed by atoms with Crippen LogP contribution >= 0.6 is 0 Å². The minimum Gasteiger partial charge on any atom is -0.467 e. The van der Waals surface area contributed by atoms with Gasteiger partial charge in [0.15, 0.2) is 6.10 Å². The van der Waals surface area contributed by atoms with Gasteiger partial charge in [-0.3, -0.25) is 0 Å². The number of hydrogen-bond donors (Lipinski definition) is 1. The lowest BCUT2D eigenvalue weighted by Gasteiger charge is -2.20. The van der Waals surface area contributed by atoms with E-state index in [9.17, 15) is 23.1 Å². The average Bonchev–Trinajstić information content (AvgIpc) is 2.49. The molecule has 4 nitrogen and oxygen atoms in total. The first kappa shape index (κ1) is 18.2. The Hall–Kier alpha value is -1.86. The van der Waals surface area contributed by atoms with Crippen molar-refractivity contribution in [2.45, 2.75) is 18.9 Å². The molecular formula is C15H17F3O4. The molecule has 1 N–H and O–H groups in total. The molecule has 1 aromatic rings. The highest BCUT2D eigenvalue weighted by molar-refractivity contribution is 5.75. The number of esters is 1. The Morgan fingerprint density at radius 3 is 2.50 bits per heavy atom. The summed E-state index contributed by atoms with van der Waals surface area (Å²) in [6.45, 7) is 0.177. The van der Waals surface area contributed by atoms with E-state index in [2.05, 4.69) is 4.74 Å². The highest BCUT2D eigenvalue weighted by atomic mass is 19.4. The fourth-order valence-corrected chi connectivity index (χ4v) is 1.68. The van der Waals surface area contributed by atoms with E-state index in [4.69, 9.17) is 4.74 Å². The van der Waals surface area contributed by atoms with E-state index in [1.165, 1.54) is 0 Å². The van der Waals surface area contributed by atoms with E-state index in [0.29, 0.717) is 6.08 Å². The molecule has 0 saturated heterocycles. The largest absolute Gasteiger partial charge is 0.467 e. The highest BCUT2D eigenvalue weighted by Crippen LogP contribution is 2.30. The lowest BCUT2D eigenvalue weighted by molar-refractivity contribution is -0.196. The van der Waals surface area contributed by atoms with Crippen LogP contribution in [0.3, 0.4) is 0 Å². The summed E-state index contributed by atoms with van der Waals surface area (Å²) in [5, 5.41) is 9.36. The summed E-state index contributed by atoms with van der Waals surface area (Å²) in [5.41, 5.74) is 0.887. The SMILES string of the molecule is COC(=O)[C@H](O)[C@H](/C=C/COCc1ccccc1)C(F)(F)F. The third kappa shape index (κ3) is 5.87. The molecule has 0 heterocycles. The van der Waals surface area contributed by atoms with Crippen molar-refractivity contribution in [3.05, 3.63) is 48.0 Å². The summed E-state index contributed by atoms with van der Waals surface area (Å²) < 4.78 is 47.7. The van der Waals surface area contributed by atoms with E-state index < -0.39 is 24.2 Å². The molecule has 122 valence electrons. The molecule has 0 radical (unpaired) electrons. The predicted octanol–water partition coefficient (Wildman–Crippen LogP) is 2.47. The second-order valence-electron chi connectivity index (χ2n) is 4.46. The first-order chi connectivity index (χ1) is 10.4. The molecule has 0 spiro atoms. The van der Waals surface area contributed by atoms with Gasteiger partial charge in [0, 0.05) is 0 Å². The summed E-state index contributed by atoms with van der Waals surface area (Å²) in [4.78, 5) is 11.0. The van der Waals surface area contributed by atoms with Crippen LogP contribution in [-0.2, 0) is 20.9 Å². The maximum Gasteiger partial charge on any atom is 0.398 e. The fourth-order valence-electron chi connectivity index (χ4n) is 1.68. The smallest absolute Gasteiger partial charge is 0.398 e. The molecule has 0 aliphatic rings. The van der Waals surface area contributed by atoms with Gasteiger partial charge in [-0.25, -0.2) is 4.79 Å². The zero-order valence-corrected chi connectivity index (χ0v) is 11.9. The maximum absolute atomic E-state index is 12.8. The van der Waals surface area contributed by atoms with Gasteiger partial charge in [-0.05, 0) is 5.56 Å². The molecule has 1 rings (SSSR count). The Morgan fingerprint density at radius 1 is 1.32 bits per heavy atom. The number of hydrogen-bond acceptors (Lipinski definition) is 4. The number of benzene rings is 1. The number of alkyl halides is 3. The van der Waals surface area contributed by atoms with Crippen LogP contribution in [-0.4, -0.2) is 37.1 Å². The molecule has 0 fully saturated rings. The minimum absolute atomic E-state index is 0.0740. The van der Waals surface area contributed by atoms with Crippen LogP contribution in [0.5, 0.6) is 0 Å². The van der Waals surface area contributed by atoms with Crippen LogP contribution in [0.2, 0.25) is 0 Å². The van der Waals surface area contributed by atoms with Gasteiger partial charge in [-0.15, -0.1) is 0 Å². The van der Waals surface area contributed by atoms with Gasteiger partial charge >= 0.3 is 12.1 Å². The molecule has 1 aromatic carbocycles. The van der Waals surface area contributed by atoms with E-state index in [1.807, 2.05) is 30.3 Å². The van der Waals surface area contributed by atoms with Gasteiger partial charge in [-0.2, -0.15) is 13.2 Å². The zero-order valence-electron chi connectivity index (χ0n) is 11.9. The Labute approximate surface area is 126 Å². The van der Waals surface area contributed by atoms with E-state index in [-0.39, 0.29) is 13.2 Å². The van der Waals surface area contributed by atoms with Crippen molar-refractivity contribution in [2.75, 3.05) is 13.7 Å². The topological polar surface area (TPSA) is 55.8 Å². The Morgan fingerprint density at radius 2 is 1.95 bits per heavy atom. The molecule has 2 atom stereocenters. The van der Waals surface area contributed by atoms with Gasteiger partial charge in [0.2, 0.25) is 0 Å².